The fourth-order valence-electron chi connectivity index (χ4n) is 3.02. The molecule has 6 nitrogen and oxygen atoms in total. The van der Waals surface area contributed by atoms with Gasteiger partial charge in [0.05, 0.1) is 0 Å². The number of furan rings is 1. The molecule has 0 aliphatic heterocycles. The van der Waals surface area contributed by atoms with Crippen molar-refractivity contribution < 1.29 is 23.5 Å². The zero-order chi connectivity index (χ0) is 19.7. The Bertz CT molecular complexity index is 1200. The number of hydrogen-bond donors (Lipinski definition) is 1. The average Bonchev–Trinajstić information content (AvgIpc) is 3.18. The minimum absolute atomic E-state index is 0.150. The van der Waals surface area contributed by atoms with E-state index in [9.17, 15) is 9.59 Å². The molecule has 0 fully saturated rings. The average molecular weight is 376 g/mol. The quantitative estimate of drug-likeness (QED) is 0.499. The molecule has 0 aliphatic carbocycles. The maximum Gasteiger partial charge on any atom is 0.371 e. The van der Waals surface area contributed by atoms with E-state index in [0.29, 0.717) is 17.1 Å². The van der Waals surface area contributed by atoms with Crippen molar-refractivity contribution in [2.24, 2.45) is 0 Å². The highest BCUT2D eigenvalue weighted by Crippen LogP contribution is 2.31. The SMILES string of the molecule is CC(Oc1ccc2c(-c3ccccc3)cc(=O)oc2c1)c1ccc(C(=O)O)o1. The van der Waals surface area contributed by atoms with Crippen molar-refractivity contribution in [3.63, 3.8) is 0 Å². The molecule has 1 unspecified atom stereocenters. The van der Waals surface area contributed by atoms with Crippen LogP contribution in [0.2, 0.25) is 0 Å². The Morgan fingerprint density at radius 1 is 1.00 bits per heavy atom. The number of aromatic carboxylic acids is 1. The van der Waals surface area contributed by atoms with Crippen LogP contribution in [0.25, 0.3) is 22.1 Å². The standard InChI is InChI=1S/C22H16O6/c1-13(18-9-10-19(27-18)22(24)25)26-15-7-8-16-17(14-5-3-2-4-6-14)12-21(23)28-20(16)11-15/h2-13H,1H3,(H,24,25). The van der Waals surface area contributed by atoms with Crippen molar-refractivity contribution in [2.45, 2.75) is 13.0 Å². The van der Waals surface area contributed by atoms with Crippen molar-refractivity contribution in [1.82, 2.24) is 0 Å². The van der Waals surface area contributed by atoms with E-state index in [1.807, 2.05) is 36.4 Å². The van der Waals surface area contributed by atoms with Crippen LogP contribution in [0.5, 0.6) is 5.75 Å². The molecule has 6 heteroatoms. The molecule has 2 aromatic carbocycles. The van der Waals surface area contributed by atoms with Crippen LogP contribution in [0.15, 0.2) is 80.4 Å². The van der Waals surface area contributed by atoms with Crippen LogP contribution >= 0.6 is 0 Å². The number of hydrogen-bond acceptors (Lipinski definition) is 5. The second-order valence-corrected chi connectivity index (χ2v) is 6.27. The fourth-order valence-corrected chi connectivity index (χ4v) is 3.02. The normalized spacial score (nSPS) is 12.0. The Morgan fingerprint density at radius 2 is 1.79 bits per heavy atom. The Morgan fingerprint density at radius 3 is 2.50 bits per heavy atom. The molecule has 0 saturated carbocycles. The first-order valence-corrected chi connectivity index (χ1v) is 8.64. The van der Waals surface area contributed by atoms with Crippen LogP contribution in [-0.2, 0) is 0 Å². The van der Waals surface area contributed by atoms with E-state index in [1.54, 1.807) is 25.1 Å². The highest BCUT2D eigenvalue weighted by atomic mass is 16.5. The molecule has 4 rings (SSSR count). The number of rotatable bonds is 5. The molecule has 1 atom stereocenters. The molecule has 2 aromatic heterocycles. The molecule has 28 heavy (non-hydrogen) atoms. The van der Waals surface area contributed by atoms with Gasteiger partial charge in [0, 0.05) is 17.5 Å². The lowest BCUT2D eigenvalue weighted by molar-refractivity contribution is 0.0655. The van der Waals surface area contributed by atoms with Crippen LogP contribution in [0.4, 0.5) is 0 Å². The van der Waals surface area contributed by atoms with Gasteiger partial charge in [0.1, 0.15) is 17.1 Å². The Labute approximate surface area is 159 Å². The molecule has 2 heterocycles. The summed E-state index contributed by atoms with van der Waals surface area (Å²) in [7, 11) is 0. The van der Waals surface area contributed by atoms with Gasteiger partial charge in [0.25, 0.3) is 0 Å². The number of carbonyl (C=O) groups is 1. The minimum Gasteiger partial charge on any atom is -0.483 e. The smallest absolute Gasteiger partial charge is 0.371 e. The van der Waals surface area contributed by atoms with E-state index in [0.717, 1.165) is 16.5 Å². The van der Waals surface area contributed by atoms with Gasteiger partial charge in [0.15, 0.2) is 6.10 Å². The third-order valence-electron chi connectivity index (χ3n) is 4.35. The summed E-state index contributed by atoms with van der Waals surface area (Å²) in [5.41, 5.74) is 1.65. The monoisotopic (exact) mass is 376 g/mol. The maximum atomic E-state index is 12.0. The molecule has 0 bridgehead atoms. The first-order chi connectivity index (χ1) is 13.5. The summed E-state index contributed by atoms with van der Waals surface area (Å²) in [4.78, 5) is 23.0. The van der Waals surface area contributed by atoms with Gasteiger partial charge >= 0.3 is 11.6 Å². The lowest BCUT2D eigenvalue weighted by atomic mass is 10.0. The van der Waals surface area contributed by atoms with Gasteiger partial charge in [-0.2, -0.15) is 0 Å². The van der Waals surface area contributed by atoms with Crippen molar-refractivity contribution in [3.05, 3.63) is 88.7 Å². The molecule has 0 saturated heterocycles. The van der Waals surface area contributed by atoms with Crippen molar-refractivity contribution in [1.29, 1.82) is 0 Å². The van der Waals surface area contributed by atoms with Gasteiger partial charge in [-0.3, -0.25) is 0 Å². The van der Waals surface area contributed by atoms with Crippen LogP contribution in [0, 0.1) is 0 Å². The van der Waals surface area contributed by atoms with E-state index in [1.165, 1.54) is 12.1 Å². The van der Waals surface area contributed by atoms with Crippen LogP contribution in [0.1, 0.15) is 29.3 Å². The van der Waals surface area contributed by atoms with Crippen LogP contribution < -0.4 is 10.4 Å². The summed E-state index contributed by atoms with van der Waals surface area (Å²) >= 11 is 0. The lowest BCUT2D eigenvalue weighted by Crippen LogP contribution is -2.03. The molecule has 4 aromatic rings. The molecule has 1 N–H and O–H groups in total. The summed E-state index contributed by atoms with van der Waals surface area (Å²) in [5, 5.41) is 9.75. The molecule has 0 amide bonds. The summed E-state index contributed by atoms with van der Waals surface area (Å²) < 4.78 is 16.5. The van der Waals surface area contributed by atoms with E-state index >= 15 is 0 Å². The van der Waals surface area contributed by atoms with Crippen molar-refractivity contribution in [2.75, 3.05) is 0 Å². The van der Waals surface area contributed by atoms with Gasteiger partial charge in [0.2, 0.25) is 5.76 Å². The van der Waals surface area contributed by atoms with Crippen molar-refractivity contribution >= 4 is 16.9 Å². The zero-order valence-electron chi connectivity index (χ0n) is 14.9. The highest BCUT2D eigenvalue weighted by Gasteiger charge is 2.16. The zero-order valence-corrected chi connectivity index (χ0v) is 14.9. The largest absolute Gasteiger partial charge is 0.483 e. The van der Waals surface area contributed by atoms with E-state index < -0.39 is 17.7 Å². The maximum absolute atomic E-state index is 12.0. The first-order valence-electron chi connectivity index (χ1n) is 8.64. The van der Waals surface area contributed by atoms with E-state index in [-0.39, 0.29) is 5.76 Å². The van der Waals surface area contributed by atoms with E-state index in [4.69, 9.17) is 18.7 Å². The van der Waals surface area contributed by atoms with Gasteiger partial charge in [-0.1, -0.05) is 30.3 Å². The highest BCUT2D eigenvalue weighted by molar-refractivity contribution is 5.93. The Balaban J connectivity index is 1.68. The molecule has 0 radical (unpaired) electrons. The third kappa shape index (κ3) is 3.40. The number of carboxylic acid groups (broad SMARTS) is 1. The van der Waals surface area contributed by atoms with Gasteiger partial charge in [-0.15, -0.1) is 0 Å². The number of benzene rings is 2. The predicted octanol–water partition coefficient (Wildman–Crippen LogP) is 4.89. The second-order valence-electron chi connectivity index (χ2n) is 6.27. The van der Waals surface area contributed by atoms with Crippen LogP contribution in [0.3, 0.4) is 0 Å². The number of fused-ring (bicyclic) bond motifs is 1. The topological polar surface area (TPSA) is 89.9 Å². The second kappa shape index (κ2) is 7.08. The summed E-state index contributed by atoms with van der Waals surface area (Å²) in [5.74, 6) is -0.430. The summed E-state index contributed by atoms with van der Waals surface area (Å²) in [6.07, 6.45) is -0.519. The molecule has 0 aliphatic rings. The lowest BCUT2D eigenvalue weighted by Gasteiger charge is -2.13. The minimum atomic E-state index is -1.14. The number of ether oxygens (including phenoxy) is 1. The van der Waals surface area contributed by atoms with Crippen LogP contribution in [-0.4, -0.2) is 11.1 Å². The first kappa shape index (κ1) is 17.6. The van der Waals surface area contributed by atoms with E-state index in [2.05, 4.69) is 0 Å². The Kier molecular flexibility index (Phi) is 4.45. The molecular formula is C22H16O6. The predicted molar refractivity (Wildman–Crippen MR) is 103 cm³/mol. The summed E-state index contributed by atoms with van der Waals surface area (Å²) in [6.45, 7) is 1.74. The van der Waals surface area contributed by atoms with Crippen molar-refractivity contribution in [3.8, 4) is 16.9 Å². The molecule has 0 spiro atoms. The third-order valence-corrected chi connectivity index (χ3v) is 4.35. The van der Waals surface area contributed by atoms with Gasteiger partial charge in [-0.05, 0) is 42.3 Å². The molecular weight excluding hydrogens is 360 g/mol. The summed E-state index contributed by atoms with van der Waals surface area (Å²) in [6, 6.07) is 19.2. The number of carboxylic acids is 1. The van der Waals surface area contributed by atoms with Gasteiger partial charge < -0.3 is 18.7 Å². The van der Waals surface area contributed by atoms with Gasteiger partial charge in [-0.25, -0.2) is 9.59 Å². The Hall–Kier alpha value is -3.80. The fraction of sp³-hybridized carbons (Fsp3) is 0.0909. The molecule has 140 valence electrons.